The zero-order chi connectivity index (χ0) is 27.4. The summed E-state index contributed by atoms with van der Waals surface area (Å²) in [6, 6.07) is 11.1. The number of sulfonamides is 1. The Morgan fingerprint density at radius 1 is 0.972 bits per heavy atom. The molecule has 36 heavy (non-hydrogen) atoms. The SMILES string of the molecule is CC(C)c1ccccc1N(CC(=O)N(Cc1c(Cl)cccc1Cl)[C@H](C)C(=O)NC(C)(C)C)S(C)(=O)=O. The first-order chi connectivity index (χ1) is 16.5. The molecule has 2 aromatic carbocycles. The van der Waals surface area contributed by atoms with Crippen LogP contribution in [0.3, 0.4) is 0 Å². The molecule has 0 aliphatic carbocycles. The lowest BCUT2D eigenvalue weighted by atomic mass is 10.0. The lowest BCUT2D eigenvalue weighted by Crippen LogP contribution is -2.54. The zero-order valence-electron chi connectivity index (χ0n) is 21.8. The maximum absolute atomic E-state index is 13.7. The largest absolute Gasteiger partial charge is 0.350 e. The van der Waals surface area contributed by atoms with Crippen LogP contribution < -0.4 is 9.62 Å². The van der Waals surface area contributed by atoms with Crippen molar-refractivity contribution >= 4 is 50.7 Å². The van der Waals surface area contributed by atoms with E-state index in [1.165, 1.54) is 4.90 Å². The quantitative estimate of drug-likeness (QED) is 0.459. The molecule has 0 heterocycles. The van der Waals surface area contributed by atoms with Gasteiger partial charge in [-0.05, 0) is 57.4 Å². The third-order valence-electron chi connectivity index (χ3n) is 5.56. The normalized spacial score (nSPS) is 12.8. The molecule has 198 valence electrons. The van der Waals surface area contributed by atoms with Gasteiger partial charge in [-0.3, -0.25) is 13.9 Å². The van der Waals surface area contributed by atoms with Crippen LogP contribution in [0.25, 0.3) is 0 Å². The summed E-state index contributed by atoms with van der Waals surface area (Å²) in [5.41, 5.74) is 1.15. The molecule has 7 nitrogen and oxygen atoms in total. The van der Waals surface area contributed by atoms with Gasteiger partial charge in [0.05, 0.1) is 11.9 Å². The van der Waals surface area contributed by atoms with Crippen molar-refractivity contribution in [1.29, 1.82) is 0 Å². The summed E-state index contributed by atoms with van der Waals surface area (Å²) in [5.74, 6) is -0.922. The van der Waals surface area contributed by atoms with E-state index in [0.717, 1.165) is 16.1 Å². The van der Waals surface area contributed by atoms with Gasteiger partial charge in [0, 0.05) is 27.7 Å². The van der Waals surface area contributed by atoms with Gasteiger partial charge < -0.3 is 10.2 Å². The fraction of sp³-hybridized carbons (Fsp3) is 0.462. The van der Waals surface area contributed by atoms with Gasteiger partial charge in [-0.15, -0.1) is 0 Å². The molecule has 0 aliphatic heterocycles. The Morgan fingerprint density at radius 3 is 2.03 bits per heavy atom. The minimum Gasteiger partial charge on any atom is -0.350 e. The molecule has 2 aromatic rings. The van der Waals surface area contributed by atoms with Gasteiger partial charge >= 0.3 is 0 Å². The summed E-state index contributed by atoms with van der Waals surface area (Å²) >= 11 is 12.7. The molecule has 1 N–H and O–H groups in total. The van der Waals surface area contributed by atoms with E-state index in [4.69, 9.17) is 23.2 Å². The number of carbonyl (C=O) groups is 2. The van der Waals surface area contributed by atoms with E-state index in [9.17, 15) is 18.0 Å². The van der Waals surface area contributed by atoms with E-state index < -0.39 is 34.1 Å². The Hall–Kier alpha value is -2.29. The second-order valence-electron chi connectivity index (χ2n) is 10.1. The third-order valence-corrected chi connectivity index (χ3v) is 7.40. The number of benzene rings is 2. The van der Waals surface area contributed by atoms with E-state index in [1.807, 2.05) is 46.8 Å². The van der Waals surface area contributed by atoms with Gasteiger partial charge in [0.25, 0.3) is 0 Å². The number of halogens is 2. The molecule has 0 saturated heterocycles. The highest BCUT2D eigenvalue weighted by Crippen LogP contribution is 2.30. The van der Waals surface area contributed by atoms with Crippen molar-refractivity contribution in [2.24, 2.45) is 0 Å². The molecule has 1 atom stereocenters. The summed E-state index contributed by atoms with van der Waals surface area (Å²) < 4.78 is 26.8. The molecule has 0 spiro atoms. The fourth-order valence-corrected chi connectivity index (χ4v) is 5.09. The lowest BCUT2D eigenvalue weighted by Gasteiger charge is -2.34. The summed E-state index contributed by atoms with van der Waals surface area (Å²) in [7, 11) is -3.83. The average Bonchev–Trinajstić information content (AvgIpc) is 2.74. The van der Waals surface area contributed by atoms with Gasteiger partial charge in [-0.25, -0.2) is 8.42 Å². The summed E-state index contributed by atoms with van der Waals surface area (Å²) in [4.78, 5) is 28.1. The molecule has 0 aromatic heterocycles. The molecule has 2 rings (SSSR count). The van der Waals surface area contributed by atoms with Crippen molar-refractivity contribution in [2.75, 3.05) is 17.1 Å². The van der Waals surface area contributed by atoms with Crippen molar-refractivity contribution in [3.8, 4) is 0 Å². The predicted molar refractivity (Wildman–Crippen MR) is 147 cm³/mol. The number of amides is 2. The van der Waals surface area contributed by atoms with Gasteiger partial charge in [0.15, 0.2) is 0 Å². The fourth-order valence-electron chi connectivity index (χ4n) is 3.71. The number of hydrogen-bond donors (Lipinski definition) is 1. The maximum Gasteiger partial charge on any atom is 0.244 e. The number of rotatable bonds is 9. The van der Waals surface area contributed by atoms with E-state index in [-0.39, 0.29) is 18.4 Å². The zero-order valence-corrected chi connectivity index (χ0v) is 24.1. The Kier molecular flexibility index (Phi) is 9.84. The number of para-hydroxylation sites is 1. The molecular weight excluding hydrogens is 521 g/mol. The highest BCUT2D eigenvalue weighted by atomic mass is 35.5. The average molecular weight is 557 g/mol. The van der Waals surface area contributed by atoms with Crippen molar-refractivity contribution < 1.29 is 18.0 Å². The molecule has 0 aliphatic rings. The van der Waals surface area contributed by atoms with Crippen LogP contribution in [0, 0.1) is 0 Å². The van der Waals surface area contributed by atoms with Crippen LogP contribution in [-0.4, -0.2) is 49.5 Å². The first-order valence-electron chi connectivity index (χ1n) is 11.6. The molecule has 10 heteroatoms. The van der Waals surface area contributed by atoms with Crippen molar-refractivity contribution in [3.63, 3.8) is 0 Å². The number of nitrogens with zero attached hydrogens (tertiary/aromatic N) is 2. The van der Waals surface area contributed by atoms with Gasteiger partial charge in [-0.1, -0.05) is 61.3 Å². The first kappa shape index (κ1) is 29.9. The molecule has 0 unspecified atom stereocenters. The van der Waals surface area contributed by atoms with Crippen molar-refractivity contribution in [3.05, 3.63) is 63.6 Å². The van der Waals surface area contributed by atoms with Crippen molar-refractivity contribution in [1.82, 2.24) is 10.2 Å². The lowest BCUT2D eigenvalue weighted by molar-refractivity contribution is -0.140. The van der Waals surface area contributed by atoms with Crippen LogP contribution >= 0.6 is 23.2 Å². The van der Waals surface area contributed by atoms with Gasteiger partial charge in [-0.2, -0.15) is 0 Å². The van der Waals surface area contributed by atoms with Crippen LogP contribution in [0.2, 0.25) is 10.0 Å². The summed E-state index contributed by atoms with van der Waals surface area (Å²) in [5, 5.41) is 3.56. The molecule has 0 radical (unpaired) electrons. The monoisotopic (exact) mass is 555 g/mol. The second-order valence-corrected chi connectivity index (χ2v) is 12.8. The number of anilines is 1. The highest BCUT2D eigenvalue weighted by Gasteiger charge is 2.32. The standard InChI is InChI=1S/C26H35Cl2N3O4S/c1-17(2)19-11-8-9-14-23(19)31(36(7,34)35)16-24(32)30(18(3)25(33)29-26(4,5)6)15-20-21(27)12-10-13-22(20)28/h8-14,17-18H,15-16H2,1-7H3,(H,29,33)/t18-/m1/s1. The van der Waals surface area contributed by atoms with Gasteiger partial charge in [0.2, 0.25) is 21.8 Å². The molecule has 0 fully saturated rings. The van der Waals surface area contributed by atoms with E-state index >= 15 is 0 Å². The molecule has 2 amide bonds. The van der Waals surface area contributed by atoms with Crippen LogP contribution in [0.15, 0.2) is 42.5 Å². The smallest absolute Gasteiger partial charge is 0.244 e. The van der Waals surface area contributed by atoms with Crippen LogP contribution in [0.4, 0.5) is 5.69 Å². The second kappa shape index (κ2) is 11.8. The van der Waals surface area contributed by atoms with E-state index in [0.29, 0.717) is 21.3 Å². The van der Waals surface area contributed by atoms with E-state index in [2.05, 4.69) is 5.32 Å². The molecule has 0 saturated carbocycles. The van der Waals surface area contributed by atoms with Crippen LogP contribution in [0.5, 0.6) is 0 Å². The molecular formula is C26H35Cl2N3O4S. The number of nitrogens with one attached hydrogen (secondary N) is 1. The van der Waals surface area contributed by atoms with Crippen LogP contribution in [-0.2, 0) is 26.2 Å². The Morgan fingerprint density at radius 2 is 1.53 bits per heavy atom. The summed E-state index contributed by atoms with van der Waals surface area (Å²) in [6.45, 7) is 10.4. The topological polar surface area (TPSA) is 86.8 Å². The third kappa shape index (κ3) is 7.85. The number of hydrogen-bond acceptors (Lipinski definition) is 4. The van der Waals surface area contributed by atoms with Crippen LogP contribution in [0.1, 0.15) is 58.6 Å². The minimum absolute atomic E-state index is 0.0232. The predicted octanol–water partition coefficient (Wildman–Crippen LogP) is 5.21. The molecule has 0 bridgehead atoms. The first-order valence-corrected chi connectivity index (χ1v) is 14.2. The highest BCUT2D eigenvalue weighted by molar-refractivity contribution is 7.92. The maximum atomic E-state index is 13.7. The van der Waals surface area contributed by atoms with Gasteiger partial charge in [0.1, 0.15) is 12.6 Å². The van der Waals surface area contributed by atoms with E-state index in [1.54, 1.807) is 37.3 Å². The Balaban J connectivity index is 2.53. The number of carbonyl (C=O) groups excluding carboxylic acids is 2. The Bertz CT molecular complexity index is 1190. The minimum atomic E-state index is -3.83. The Labute approximate surface area is 224 Å². The summed E-state index contributed by atoms with van der Waals surface area (Å²) in [6.07, 6.45) is 1.06. The van der Waals surface area contributed by atoms with Crippen molar-refractivity contribution in [2.45, 2.75) is 65.6 Å².